The molecule has 1 aliphatic rings. The van der Waals surface area contributed by atoms with Crippen LogP contribution in [0.4, 0.5) is 0 Å². The van der Waals surface area contributed by atoms with E-state index in [2.05, 4.69) is 37.4 Å². The summed E-state index contributed by atoms with van der Waals surface area (Å²) in [4.78, 5) is 28.6. The Morgan fingerprint density at radius 1 is 1.19 bits per heavy atom. The van der Waals surface area contributed by atoms with Crippen molar-refractivity contribution in [2.75, 3.05) is 13.7 Å². The van der Waals surface area contributed by atoms with Crippen LogP contribution >= 0.6 is 0 Å². The maximum absolute atomic E-state index is 13.2. The van der Waals surface area contributed by atoms with Gasteiger partial charge in [0, 0.05) is 44.2 Å². The number of aliphatic hydroxyl groups excluding tert-OH is 1. The van der Waals surface area contributed by atoms with Crippen LogP contribution in [0.3, 0.4) is 0 Å². The first kappa shape index (κ1) is 34.7. The zero-order valence-electron chi connectivity index (χ0n) is 26.8. The number of ether oxygens (including phenoxy) is 1. The van der Waals surface area contributed by atoms with Crippen molar-refractivity contribution < 1.29 is 24.6 Å². The fourth-order valence-corrected chi connectivity index (χ4v) is 6.34. The van der Waals surface area contributed by atoms with Crippen molar-refractivity contribution in [2.24, 2.45) is 36.5 Å². The van der Waals surface area contributed by atoms with E-state index >= 15 is 0 Å². The van der Waals surface area contributed by atoms with E-state index < -0.39 is 23.3 Å². The standard InChI is InChI=1S/C32H53N5O6/c1-20(2)23(16-22-9-14-30-27(17-22)29(35-36(30)5)8-7-15-42-6)18-28(33)31(38)19-26(21(3)4)32(39)34-24-10-12-25(13-11-24)43-37(40)41/h9,14,17,20-21,23-26,28,31,38H,7-8,10-13,15-16,18-19,33H2,1-6H3,(H,34,39)/t23-,24?,25?,26-,28-,31-/m0/s1. The average Bonchev–Trinajstić information content (AvgIpc) is 3.26. The van der Waals surface area contributed by atoms with Gasteiger partial charge in [-0.15, -0.1) is 10.1 Å². The maximum Gasteiger partial charge on any atom is 0.294 e. The van der Waals surface area contributed by atoms with Gasteiger partial charge in [-0.1, -0.05) is 33.8 Å². The van der Waals surface area contributed by atoms with Crippen molar-refractivity contribution in [3.05, 3.63) is 39.6 Å². The highest BCUT2D eigenvalue weighted by Crippen LogP contribution is 2.29. The second kappa shape index (κ2) is 16.4. The molecule has 4 atom stereocenters. The maximum atomic E-state index is 13.2. The van der Waals surface area contributed by atoms with Crippen molar-refractivity contribution in [3.63, 3.8) is 0 Å². The lowest BCUT2D eigenvalue weighted by molar-refractivity contribution is -0.769. The largest absolute Gasteiger partial charge is 0.391 e. The van der Waals surface area contributed by atoms with Crippen LogP contribution in [-0.2, 0) is 34.3 Å². The molecule has 0 aliphatic heterocycles. The number of methoxy groups -OCH3 is 1. The van der Waals surface area contributed by atoms with E-state index in [9.17, 15) is 20.0 Å². The van der Waals surface area contributed by atoms with E-state index in [1.807, 2.05) is 25.6 Å². The van der Waals surface area contributed by atoms with Crippen LogP contribution in [0, 0.1) is 33.8 Å². The van der Waals surface area contributed by atoms with Crippen LogP contribution in [0.5, 0.6) is 0 Å². The number of carbonyl (C=O) groups is 1. The third kappa shape index (κ3) is 10.1. The molecule has 2 aromatic rings. The zero-order chi connectivity index (χ0) is 31.7. The van der Waals surface area contributed by atoms with Gasteiger partial charge in [0.2, 0.25) is 5.91 Å². The van der Waals surface area contributed by atoms with E-state index in [1.54, 1.807) is 7.11 Å². The molecule has 1 heterocycles. The van der Waals surface area contributed by atoms with Gasteiger partial charge in [0.25, 0.3) is 5.09 Å². The Morgan fingerprint density at radius 2 is 1.88 bits per heavy atom. The predicted molar refractivity (Wildman–Crippen MR) is 167 cm³/mol. The number of aromatic nitrogens is 2. The molecule has 0 unspecified atom stereocenters. The van der Waals surface area contributed by atoms with Gasteiger partial charge in [-0.2, -0.15) is 5.10 Å². The Hall–Kier alpha value is -2.76. The Morgan fingerprint density at radius 3 is 2.49 bits per heavy atom. The molecule has 43 heavy (non-hydrogen) atoms. The third-order valence-corrected chi connectivity index (χ3v) is 9.16. The number of nitrogens with one attached hydrogen (secondary N) is 1. The van der Waals surface area contributed by atoms with Gasteiger partial charge in [0.15, 0.2) is 0 Å². The third-order valence-electron chi connectivity index (χ3n) is 9.16. The van der Waals surface area contributed by atoms with E-state index in [0.717, 1.165) is 30.5 Å². The number of nitrogens with zero attached hydrogens (tertiary/aromatic N) is 3. The topological polar surface area (TPSA) is 155 Å². The molecule has 1 fully saturated rings. The van der Waals surface area contributed by atoms with Crippen LogP contribution in [-0.4, -0.2) is 63.9 Å². The molecule has 0 radical (unpaired) electrons. The molecule has 0 bridgehead atoms. The Kier molecular flexibility index (Phi) is 13.2. The molecule has 1 saturated carbocycles. The number of amides is 1. The van der Waals surface area contributed by atoms with Crippen LogP contribution in [0.25, 0.3) is 10.9 Å². The molecular weight excluding hydrogens is 550 g/mol. The quantitative estimate of drug-likeness (QED) is 0.137. The van der Waals surface area contributed by atoms with Crippen LogP contribution in [0.1, 0.15) is 83.9 Å². The highest BCUT2D eigenvalue weighted by atomic mass is 17.0. The predicted octanol–water partition coefficient (Wildman–Crippen LogP) is 4.34. The molecule has 242 valence electrons. The first-order chi connectivity index (χ1) is 20.4. The molecule has 11 nitrogen and oxygen atoms in total. The van der Waals surface area contributed by atoms with Crippen molar-refractivity contribution in [3.8, 4) is 0 Å². The number of aliphatic hydroxyl groups is 1. The second-order valence-electron chi connectivity index (χ2n) is 13.1. The minimum absolute atomic E-state index is 0.0289. The lowest BCUT2D eigenvalue weighted by Gasteiger charge is -2.32. The number of rotatable bonds is 17. The molecule has 11 heteroatoms. The number of benzene rings is 1. The molecule has 0 saturated heterocycles. The molecule has 1 amide bonds. The molecule has 1 aromatic carbocycles. The first-order valence-electron chi connectivity index (χ1n) is 15.9. The number of aryl methyl sites for hydroxylation is 2. The minimum atomic E-state index is -0.809. The Bertz CT molecular complexity index is 1180. The molecule has 0 spiro atoms. The molecular formula is C32H53N5O6. The first-order valence-corrected chi connectivity index (χ1v) is 15.9. The molecule has 3 rings (SSSR count). The zero-order valence-corrected chi connectivity index (χ0v) is 26.8. The summed E-state index contributed by atoms with van der Waals surface area (Å²) in [6, 6.07) is 6.04. The summed E-state index contributed by atoms with van der Waals surface area (Å²) < 4.78 is 7.16. The minimum Gasteiger partial charge on any atom is -0.391 e. The second-order valence-corrected chi connectivity index (χ2v) is 13.1. The number of nitrogens with two attached hydrogens (primary N) is 1. The van der Waals surface area contributed by atoms with E-state index in [0.29, 0.717) is 51.0 Å². The SMILES string of the molecule is COCCCc1nn(C)c2ccc(C[C@@H](C[C@H](N)[C@@H](O)C[C@H](C(=O)NC3CCC(O[N+](=O)[O-])CC3)C(C)C)C(C)C)cc12. The normalized spacial score (nSPS) is 20.2. The molecule has 4 N–H and O–H groups in total. The average molecular weight is 604 g/mol. The van der Waals surface area contributed by atoms with Gasteiger partial charge in [0.1, 0.15) is 6.10 Å². The van der Waals surface area contributed by atoms with Crippen molar-refractivity contribution in [1.82, 2.24) is 15.1 Å². The van der Waals surface area contributed by atoms with Gasteiger partial charge in [-0.3, -0.25) is 9.48 Å². The smallest absolute Gasteiger partial charge is 0.294 e. The lowest BCUT2D eigenvalue weighted by Crippen LogP contribution is -2.46. The van der Waals surface area contributed by atoms with Crippen molar-refractivity contribution in [2.45, 2.75) is 110 Å². The monoisotopic (exact) mass is 603 g/mol. The van der Waals surface area contributed by atoms with Gasteiger partial charge in [-0.25, -0.2) is 0 Å². The summed E-state index contributed by atoms with van der Waals surface area (Å²) in [5.74, 6) is 0.185. The van der Waals surface area contributed by atoms with Crippen molar-refractivity contribution in [1.29, 1.82) is 0 Å². The fourth-order valence-electron chi connectivity index (χ4n) is 6.34. The van der Waals surface area contributed by atoms with Gasteiger partial charge < -0.3 is 25.7 Å². The number of fused-ring (bicyclic) bond motifs is 1. The van der Waals surface area contributed by atoms with E-state index in [-0.39, 0.29) is 29.7 Å². The summed E-state index contributed by atoms with van der Waals surface area (Å²) in [5, 5.41) is 30.1. The van der Waals surface area contributed by atoms with Crippen LogP contribution in [0.2, 0.25) is 0 Å². The summed E-state index contributed by atoms with van der Waals surface area (Å²) in [6.07, 6.45) is 4.68. The van der Waals surface area contributed by atoms with Gasteiger partial charge >= 0.3 is 0 Å². The fraction of sp³-hybridized carbons (Fsp3) is 0.750. The Balaban J connectivity index is 1.59. The summed E-state index contributed by atoms with van der Waals surface area (Å²) >= 11 is 0. The summed E-state index contributed by atoms with van der Waals surface area (Å²) in [7, 11) is 3.69. The number of hydrogen-bond acceptors (Lipinski definition) is 8. The van der Waals surface area contributed by atoms with Crippen molar-refractivity contribution >= 4 is 16.8 Å². The van der Waals surface area contributed by atoms with E-state index in [4.69, 9.17) is 20.4 Å². The van der Waals surface area contributed by atoms with Gasteiger partial charge in [0.05, 0.1) is 17.3 Å². The lowest BCUT2D eigenvalue weighted by atomic mass is 9.80. The highest BCUT2D eigenvalue weighted by molar-refractivity contribution is 5.82. The number of carbonyl (C=O) groups excluding carboxylic acids is 1. The summed E-state index contributed by atoms with van der Waals surface area (Å²) in [5.41, 5.74) is 10.0. The Labute approximate surface area is 256 Å². The number of hydrogen-bond donors (Lipinski definition) is 3. The summed E-state index contributed by atoms with van der Waals surface area (Å²) in [6.45, 7) is 9.06. The van der Waals surface area contributed by atoms with Gasteiger partial charge in [-0.05, 0) is 93.2 Å². The van der Waals surface area contributed by atoms with Crippen LogP contribution in [0.15, 0.2) is 18.2 Å². The van der Waals surface area contributed by atoms with E-state index in [1.165, 1.54) is 10.9 Å². The molecule has 1 aromatic heterocycles. The molecule has 1 aliphatic carbocycles. The van der Waals surface area contributed by atoms with Crippen LogP contribution < -0.4 is 11.1 Å². The highest BCUT2D eigenvalue weighted by Gasteiger charge is 2.32.